The molecule has 0 saturated carbocycles. The fourth-order valence-electron chi connectivity index (χ4n) is 3.71. The Morgan fingerprint density at radius 1 is 1.17 bits per heavy atom. The van der Waals surface area contributed by atoms with Crippen molar-refractivity contribution in [1.29, 1.82) is 0 Å². The number of nitrogen functional groups attached to an aromatic ring is 1. The van der Waals surface area contributed by atoms with Gasteiger partial charge in [0.2, 0.25) is 0 Å². The predicted molar refractivity (Wildman–Crippen MR) is 114 cm³/mol. The van der Waals surface area contributed by atoms with E-state index in [0.29, 0.717) is 11.4 Å². The maximum atomic E-state index is 13.2. The average Bonchev–Trinajstić information content (AvgIpc) is 2.75. The van der Waals surface area contributed by atoms with Crippen LogP contribution in [0.15, 0.2) is 48.9 Å². The molecule has 0 spiro atoms. The molecule has 4 rings (SSSR count). The van der Waals surface area contributed by atoms with Crippen LogP contribution in [0.3, 0.4) is 0 Å². The van der Waals surface area contributed by atoms with Gasteiger partial charge in [0.25, 0.3) is 0 Å². The molecule has 7 nitrogen and oxygen atoms in total. The molecular weight excluding hydrogens is 383 g/mol. The molecule has 0 radical (unpaired) electrons. The van der Waals surface area contributed by atoms with E-state index in [0.717, 1.165) is 43.4 Å². The first-order valence-electron chi connectivity index (χ1n) is 9.86. The van der Waals surface area contributed by atoms with Gasteiger partial charge < -0.3 is 16.4 Å². The molecule has 0 aromatic carbocycles. The van der Waals surface area contributed by atoms with Gasteiger partial charge >= 0.3 is 0 Å². The van der Waals surface area contributed by atoms with Gasteiger partial charge in [-0.15, -0.1) is 0 Å². The van der Waals surface area contributed by atoms with Crippen LogP contribution in [-0.4, -0.2) is 39.9 Å². The van der Waals surface area contributed by atoms with E-state index in [4.69, 9.17) is 11.5 Å². The van der Waals surface area contributed by atoms with Gasteiger partial charge in [0.05, 0.1) is 23.3 Å². The summed E-state index contributed by atoms with van der Waals surface area (Å²) in [5, 5.41) is 0. The van der Waals surface area contributed by atoms with Crippen molar-refractivity contribution in [3.05, 3.63) is 66.0 Å². The number of anilines is 2. The third-order valence-electron chi connectivity index (χ3n) is 5.21. The summed E-state index contributed by atoms with van der Waals surface area (Å²) < 4.78 is 13.2. The molecule has 8 heteroatoms. The fourth-order valence-corrected chi connectivity index (χ4v) is 3.71. The molecule has 4 N–H and O–H groups in total. The summed E-state index contributed by atoms with van der Waals surface area (Å²) in [6.07, 6.45) is 6.66. The molecule has 3 aromatic heterocycles. The summed E-state index contributed by atoms with van der Waals surface area (Å²) in [5.74, 6) is -0.654. The van der Waals surface area contributed by atoms with E-state index in [9.17, 15) is 9.18 Å². The lowest BCUT2D eigenvalue weighted by Crippen LogP contribution is -2.43. The van der Waals surface area contributed by atoms with Crippen LogP contribution in [0.4, 0.5) is 15.8 Å². The van der Waals surface area contributed by atoms with Gasteiger partial charge in [-0.05, 0) is 43.2 Å². The van der Waals surface area contributed by atoms with Crippen LogP contribution >= 0.6 is 0 Å². The molecule has 0 amide bonds. The van der Waals surface area contributed by atoms with Gasteiger partial charge in [-0.1, -0.05) is 0 Å². The number of carbonyl (C=O) groups is 1. The smallest absolute Gasteiger partial charge is 0.187 e. The van der Waals surface area contributed by atoms with E-state index in [1.165, 1.54) is 12.1 Å². The maximum absolute atomic E-state index is 13.2. The summed E-state index contributed by atoms with van der Waals surface area (Å²) in [5.41, 5.74) is 15.3. The number of nitrogens with zero attached hydrogens (tertiary/aromatic N) is 4. The molecule has 0 bridgehead atoms. The molecule has 3 aromatic rings. The van der Waals surface area contributed by atoms with E-state index in [1.54, 1.807) is 24.5 Å². The number of hydrogen-bond acceptors (Lipinski definition) is 7. The number of hydrogen-bond donors (Lipinski definition) is 2. The Kier molecular flexibility index (Phi) is 5.67. The summed E-state index contributed by atoms with van der Waals surface area (Å²) >= 11 is 0. The van der Waals surface area contributed by atoms with Crippen LogP contribution < -0.4 is 16.4 Å². The zero-order valence-electron chi connectivity index (χ0n) is 16.5. The zero-order chi connectivity index (χ0) is 21.1. The minimum atomic E-state index is -0.438. The molecule has 1 aliphatic heterocycles. The van der Waals surface area contributed by atoms with Crippen molar-refractivity contribution >= 4 is 17.2 Å². The summed E-state index contributed by atoms with van der Waals surface area (Å²) in [4.78, 5) is 27.9. The minimum absolute atomic E-state index is 0.117. The van der Waals surface area contributed by atoms with Gasteiger partial charge in [0, 0.05) is 49.2 Å². The highest BCUT2D eigenvalue weighted by Gasteiger charge is 2.22. The molecule has 0 aliphatic carbocycles. The van der Waals surface area contributed by atoms with Crippen LogP contribution in [-0.2, 0) is 6.42 Å². The highest BCUT2D eigenvalue weighted by Crippen LogP contribution is 2.26. The Labute approximate surface area is 174 Å². The van der Waals surface area contributed by atoms with Crippen LogP contribution in [0.25, 0.3) is 11.4 Å². The third-order valence-corrected chi connectivity index (χ3v) is 5.21. The van der Waals surface area contributed by atoms with Gasteiger partial charge in [-0.2, -0.15) is 0 Å². The molecule has 1 saturated heterocycles. The molecular formula is C22H23FN6O. The molecule has 4 heterocycles. The number of halogens is 1. The summed E-state index contributed by atoms with van der Waals surface area (Å²) in [6, 6.07) is 8.13. The quantitative estimate of drug-likeness (QED) is 0.627. The normalized spacial score (nSPS) is 16.5. The Bertz CT molecular complexity index is 1060. The summed E-state index contributed by atoms with van der Waals surface area (Å²) in [7, 11) is 0. The average molecular weight is 406 g/mol. The van der Waals surface area contributed by atoms with Crippen molar-refractivity contribution in [2.75, 3.05) is 23.7 Å². The maximum Gasteiger partial charge on any atom is 0.187 e. The first-order valence-corrected chi connectivity index (χ1v) is 9.86. The lowest BCUT2D eigenvalue weighted by atomic mass is 10.0. The van der Waals surface area contributed by atoms with E-state index in [2.05, 4.69) is 19.9 Å². The Balaban J connectivity index is 1.60. The lowest BCUT2D eigenvalue weighted by Gasteiger charge is -2.33. The molecule has 0 unspecified atom stereocenters. The highest BCUT2D eigenvalue weighted by molar-refractivity contribution is 6.01. The van der Waals surface area contributed by atoms with Crippen molar-refractivity contribution in [3.63, 3.8) is 0 Å². The largest absolute Gasteiger partial charge is 0.397 e. The van der Waals surface area contributed by atoms with Crippen LogP contribution in [0.5, 0.6) is 0 Å². The SMILES string of the molecule is Nc1ccc(-c2ccc(F)cn2)nc1C(=O)Cc1cnccc1N1CCC[C@H](N)C1. The number of carbonyl (C=O) groups excluding carboxylic acids is 1. The van der Waals surface area contributed by atoms with Gasteiger partial charge in [-0.3, -0.25) is 14.8 Å². The van der Waals surface area contributed by atoms with Crippen molar-refractivity contribution in [1.82, 2.24) is 15.0 Å². The van der Waals surface area contributed by atoms with E-state index in [-0.39, 0.29) is 29.6 Å². The number of nitrogens with two attached hydrogens (primary N) is 2. The zero-order valence-corrected chi connectivity index (χ0v) is 16.5. The van der Waals surface area contributed by atoms with E-state index in [1.807, 2.05) is 6.07 Å². The lowest BCUT2D eigenvalue weighted by molar-refractivity contribution is 0.0989. The van der Waals surface area contributed by atoms with E-state index >= 15 is 0 Å². The molecule has 1 atom stereocenters. The van der Waals surface area contributed by atoms with Crippen molar-refractivity contribution in [3.8, 4) is 11.4 Å². The Morgan fingerprint density at radius 3 is 2.77 bits per heavy atom. The Morgan fingerprint density at radius 2 is 2.00 bits per heavy atom. The number of ketones is 1. The second kappa shape index (κ2) is 8.54. The number of pyridine rings is 3. The van der Waals surface area contributed by atoms with Crippen LogP contribution in [0.2, 0.25) is 0 Å². The second-order valence-electron chi connectivity index (χ2n) is 7.45. The molecule has 154 valence electrons. The van der Waals surface area contributed by atoms with E-state index < -0.39 is 5.82 Å². The van der Waals surface area contributed by atoms with Crippen LogP contribution in [0, 0.1) is 5.82 Å². The van der Waals surface area contributed by atoms with Crippen molar-refractivity contribution < 1.29 is 9.18 Å². The van der Waals surface area contributed by atoms with Gasteiger partial charge in [-0.25, -0.2) is 9.37 Å². The molecule has 30 heavy (non-hydrogen) atoms. The number of rotatable bonds is 5. The first kappa shape index (κ1) is 19.9. The summed E-state index contributed by atoms with van der Waals surface area (Å²) in [6.45, 7) is 1.64. The first-order chi connectivity index (χ1) is 14.5. The monoisotopic (exact) mass is 406 g/mol. The molecule has 1 aliphatic rings. The topological polar surface area (TPSA) is 111 Å². The molecule has 1 fully saturated rings. The van der Waals surface area contributed by atoms with Gasteiger partial charge in [0.1, 0.15) is 11.5 Å². The number of piperidine rings is 1. The Hall–Kier alpha value is -3.39. The van der Waals surface area contributed by atoms with Gasteiger partial charge in [0.15, 0.2) is 5.78 Å². The third kappa shape index (κ3) is 4.28. The van der Waals surface area contributed by atoms with Crippen molar-refractivity contribution in [2.24, 2.45) is 5.73 Å². The fraction of sp³-hybridized carbons (Fsp3) is 0.273. The minimum Gasteiger partial charge on any atom is -0.397 e. The number of aromatic nitrogens is 3. The predicted octanol–water partition coefficient (Wildman–Crippen LogP) is 2.61. The van der Waals surface area contributed by atoms with Crippen LogP contribution in [0.1, 0.15) is 28.9 Å². The van der Waals surface area contributed by atoms with Crippen molar-refractivity contribution in [2.45, 2.75) is 25.3 Å². The standard InChI is InChI=1S/C22H23FN6O/c23-15-3-5-18(27-12-15)19-6-4-17(25)22(28-19)21(30)10-14-11-26-8-7-20(14)29-9-1-2-16(24)13-29/h3-8,11-12,16H,1-2,9-10,13,24-25H2/t16-/m0/s1. The second-order valence-corrected chi connectivity index (χ2v) is 7.45. The number of Topliss-reactive ketones (excluding diaryl/α,β-unsaturated/α-hetero) is 1. The highest BCUT2D eigenvalue weighted by atomic mass is 19.1.